The molecule has 6 atom stereocenters. The molecule has 440 valence electrons. The number of fused-ring (bicyclic) bond motifs is 5. The number of halogens is 1. The fourth-order valence-corrected chi connectivity index (χ4v) is 11.1. The molecular formula is C69H87FN2O10. The Hall–Kier alpha value is -7.51. The van der Waals surface area contributed by atoms with Gasteiger partial charge in [0.15, 0.2) is 11.5 Å². The number of ether oxygens (including phenoxy) is 5. The molecule has 2 saturated carbocycles. The third-order valence-electron chi connectivity index (χ3n) is 15.6. The Morgan fingerprint density at radius 2 is 1.34 bits per heavy atom. The van der Waals surface area contributed by atoms with E-state index in [1.54, 1.807) is 39.0 Å². The zero-order valence-corrected chi connectivity index (χ0v) is 50.2. The molecule has 0 bridgehead atoms. The van der Waals surface area contributed by atoms with E-state index in [2.05, 4.69) is 125 Å². The molecule has 0 saturated heterocycles. The number of methoxy groups -OCH3 is 3. The van der Waals surface area contributed by atoms with Crippen molar-refractivity contribution in [3.8, 4) is 28.4 Å². The normalized spacial score (nSPS) is 18.1. The van der Waals surface area contributed by atoms with Crippen molar-refractivity contribution in [1.29, 1.82) is 0 Å². The van der Waals surface area contributed by atoms with Gasteiger partial charge in [0.05, 0.1) is 27.4 Å². The number of aliphatic carboxylic acids is 1. The molecule has 3 aliphatic rings. The molecule has 0 aromatic heterocycles. The molecule has 2 unspecified atom stereocenters. The smallest absolute Gasteiger partial charge is 0.408 e. The zero-order valence-electron chi connectivity index (χ0n) is 50.2. The second kappa shape index (κ2) is 31.1. The Morgan fingerprint density at radius 1 is 0.744 bits per heavy atom. The molecule has 6 aromatic carbocycles. The molecule has 1 amide bonds. The number of benzene rings is 6. The summed E-state index contributed by atoms with van der Waals surface area (Å²) in [6, 6.07) is 41.4. The highest BCUT2D eigenvalue weighted by Crippen LogP contribution is 2.59. The summed E-state index contributed by atoms with van der Waals surface area (Å²) < 4.78 is 38.7. The summed E-state index contributed by atoms with van der Waals surface area (Å²) in [5.74, 6) is 2.51. The number of hydrogen-bond donors (Lipinski definition) is 3. The van der Waals surface area contributed by atoms with Crippen LogP contribution in [0.4, 0.5) is 9.18 Å². The summed E-state index contributed by atoms with van der Waals surface area (Å²) in [5, 5.41) is 11.4. The van der Waals surface area contributed by atoms with E-state index in [0.29, 0.717) is 30.3 Å². The number of carboxylic acids is 1. The van der Waals surface area contributed by atoms with E-state index in [1.165, 1.54) is 78.5 Å². The first-order chi connectivity index (χ1) is 39.0. The van der Waals surface area contributed by atoms with Gasteiger partial charge in [0.2, 0.25) is 0 Å². The number of aryl methyl sites for hydroxylation is 6. The van der Waals surface area contributed by atoms with Crippen LogP contribution in [0.25, 0.3) is 11.1 Å². The lowest BCUT2D eigenvalue weighted by Crippen LogP contribution is -2.42. The number of carboxylic acid groups (broad SMARTS) is 1. The number of nitrogens with two attached hydrogens (primary N) is 1. The lowest BCUT2D eigenvalue weighted by Gasteiger charge is -2.48. The highest BCUT2D eigenvalue weighted by atomic mass is 19.1. The van der Waals surface area contributed by atoms with Crippen LogP contribution in [0.3, 0.4) is 0 Å². The number of hydrogen-bond acceptors (Lipinski definition) is 10. The predicted molar refractivity (Wildman–Crippen MR) is 323 cm³/mol. The molecule has 0 spiro atoms. The van der Waals surface area contributed by atoms with Gasteiger partial charge in [-0.3, -0.25) is 14.4 Å². The molecule has 13 heteroatoms. The highest BCUT2D eigenvalue weighted by molar-refractivity contribution is 5.87. The molecule has 2 fully saturated rings. The summed E-state index contributed by atoms with van der Waals surface area (Å²) >= 11 is 0. The highest BCUT2D eigenvalue weighted by Gasteiger charge is 2.54. The fourth-order valence-electron chi connectivity index (χ4n) is 11.1. The van der Waals surface area contributed by atoms with E-state index in [9.17, 15) is 23.6 Å². The van der Waals surface area contributed by atoms with Crippen molar-refractivity contribution in [2.45, 2.75) is 144 Å². The second-order valence-corrected chi connectivity index (χ2v) is 22.8. The van der Waals surface area contributed by atoms with Gasteiger partial charge in [0, 0.05) is 24.3 Å². The largest absolute Gasteiger partial charge is 0.496 e. The van der Waals surface area contributed by atoms with Crippen LogP contribution in [0.2, 0.25) is 0 Å². The van der Waals surface area contributed by atoms with Crippen molar-refractivity contribution in [2.24, 2.45) is 23.0 Å². The molecule has 9 rings (SSSR count). The van der Waals surface area contributed by atoms with Crippen LogP contribution in [-0.4, -0.2) is 75.0 Å². The lowest BCUT2D eigenvalue weighted by molar-refractivity contribution is -0.138. The maximum Gasteiger partial charge on any atom is 0.408 e. The molecule has 82 heavy (non-hydrogen) atoms. The Labute approximate surface area is 486 Å². The molecular weight excluding hydrogens is 1040 g/mol. The minimum absolute atomic E-state index is 0.0164. The minimum atomic E-state index is -1.18. The first kappa shape index (κ1) is 65.3. The third-order valence-corrected chi connectivity index (χ3v) is 15.6. The molecule has 0 heterocycles. The van der Waals surface area contributed by atoms with Gasteiger partial charge >= 0.3 is 12.1 Å². The maximum absolute atomic E-state index is 13.6. The number of carbonyl (C=O) groups excluding carboxylic acids is 3. The van der Waals surface area contributed by atoms with Crippen molar-refractivity contribution in [3.05, 3.63) is 183 Å². The summed E-state index contributed by atoms with van der Waals surface area (Å²) in [6.45, 7) is 18.6. The fraction of sp³-hybridized carbons (Fsp3) is 0.420. The van der Waals surface area contributed by atoms with Crippen LogP contribution >= 0.6 is 0 Å². The molecule has 0 radical (unpaired) electrons. The Kier molecular flexibility index (Phi) is 24.7. The zero-order chi connectivity index (χ0) is 60.1. The van der Waals surface area contributed by atoms with Crippen LogP contribution in [0.1, 0.15) is 123 Å². The number of Topliss-reactive ketones (excluding diaryl/α,β-unsaturated/α-hetero) is 1. The second-order valence-electron chi connectivity index (χ2n) is 22.8. The maximum atomic E-state index is 13.6. The number of rotatable bonds is 14. The van der Waals surface area contributed by atoms with Gasteiger partial charge in [0.25, 0.3) is 6.47 Å². The van der Waals surface area contributed by atoms with E-state index in [0.717, 1.165) is 54.9 Å². The Morgan fingerprint density at radius 3 is 1.94 bits per heavy atom. The topological polar surface area (TPSA) is 173 Å². The van der Waals surface area contributed by atoms with E-state index < -0.39 is 29.5 Å². The molecule has 0 aliphatic heterocycles. The SMILES string of the molecule is CCc1ccc(C)c(OC)c1.COc1cc(F)c(CC(N)C(=O)O)cc1OC.Cc1ccc(-c2ccccc2)cc1.Cc1ccc(CC(COC=O)NC(=O)OC(C)(C)C)cc1.Cc1ccc2c(c1)[C@H]1CC[C@]3(C)C(=O)CC[C@H]3[C@@H]1CC2. The standard InChI is InChI=1S/C19H24O.C16H23NO4.C13H12.C11H14FNO4.C10H14O/c1-12-3-4-13-5-6-15-14(16(13)11-12)9-10-19(2)17(15)7-8-18(19)20;1-12-5-7-13(8-6-12)9-14(10-20-11-18)17-15(19)21-16(2,3)4;1-11-7-9-13(10-8-11)12-5-3-2-4-6-12;1-16-9-4-6(3-8(13)11(14)15)7(12)5-10(9)17-2;1-4-9-6-5-8(2)10(7-9)11-3/h3-4,11,14-15,17H,5-10H2,1-2H3;5-8,11,14H,9-10H2,1-4H3,(H,17,19);2-10H,1H3;4-5,8H,3,13H2,1-2H3,(H,14,15);5-7H,4H2,1-3H3/t14-,15+,17-,19-;;;;/m0..../s1. The van der Waals surface area contributed by atoms with Crippen LogP contribution in [0.5, 0.6) is 17.2 Å². The monoisotopic (exact) mass is 1120 g/mol. The number of alkyl carbamates (subject to hydrolysis) is 1. The van der Waals surface area contributed by atoms with Crippen molar-refractivity contribution in [3.63, 3.8) is 0 Å². The summed E-state index contributed by atoms with van der Waals surface area (Å²) in [7, 11) is 4.51. The number of carbonyl (C=O) groups is 4. The predicted octanol–water partition coefficient (Wildman–Crippen LogP) is 14.0. The van der Waals surface area contributed by atoms with Gasteiger partial charge in [-0.05, 0) is 168 Å². The number of ketones is 1. The molecule has 12 nitrogen and oxygen atoms in total. The van der Waals surface area contributed by atoms with Crippen LogP contribution in [0.15, 0.2) is 127 Å². The van der Waals surface area contributed by atoms with Crippen LogP contribution in [0, 0.1) is 50.8 Å². The van der Waals surface area contributed by atoms with Gasteiger partial charge in [-0.25, -0.2) is 9.18 Å². The summed E-state index contributed by atoms with van der Waals surface area (Å²) in [6.07, 6.45) is 7.85. The number of nitrogens with one attached hydrogen (secondary N) is 1. The van der Waals surface area contributed by atoms with Gasteiger partial charge < -0.3 is 39.8 Å². The summed E-state index contributed by atoms with van der Waals surface area (Å²) in [4.78, 5) is 45.0. The van der Waals surface area contributed by atoms with Crippen LogP contribution in [-0.2, 0) is 49.5 Å². The lowest BCUT2D eigenvalue weighted by atomic mass is 9.55. The van der Waals surface area contributed by atoms with Gasteiger partial charge in [-0.2, -0.15) is 0 Å². The van der Waals surface area contributed by atoms with E-state index in [4.69, 9.17) is 34.5 Å². The minimum Gasteiger partial charge on any atom is -0.496 e. The van der Waals surface area contributed by atoms with Crippen molar-refractivity contribution >= 4 is 24.3 Å². The van der Waals surface area contributed by atoms with Crippen molar-refractivity contribution < 1.29 is 52.4 Å². The quantitative estimate of drug-likeness (QED) is 0.0886. The van der Waals surface area contributed by atoms with Gasteiger partial charge in [-0.15, -0.1) is 0 Å². The van der Waals surface area contributed by atoms with Gasteiger partial charge in [-0.1, -0.05) is 140 Å². The first-order valence-electron chi connectivity index (χ1n) is 28.4. The average molecular weight is 1120 g/mol. The number of amides is 1. The van der Waals surface area contributed by atoms with Crippen LogP contribution < -0.4 is 25.3 Å². The molecule has 6 aromatic rings. The summed E-state index contributed by atoms with van der Waals surface area (Å²) in [5.41, 5.74) is 18.2. The third kappa shape index (κ3) is 19.0. The van der Waals surface area contributed by atoms with Gasteiger partial charge in [0.1, 0.15) is 35.6 Å². The average Bonchev–Trinajstić information content (AvgIpc) is 3.82. The molecule has 4 N–H and O–H groups in total. The van der Waals surface area contributed by atoms with E-state index >= 15 is 0 Å². The first-order valence-corrected chi connectivity index (χ1v) is 28.4. The van der Waals surface area contributed by atoms with E-state index in [1.807, 2.05) is 37.3 Å². The van der Waals surface area contributed by atoms with Crippen molar-refractivity contribution in [2.75, 3.05) is 27.9 Å². The Bertz CT molecular complexity index is 3010. The molecule has 3 aliphatic carbocycles. The Balaban J connectivity index is 0.000000191. The van der Waals surface area contributed by atoms with Crippen molar-refractivity contribution in [1.82, 2.24) is 5.32 Å². The van der Waals surface area contributed by atoms with E-state index in [-0.39, 0.29) is 35.8 Å².